The average molecular weight is 207 g/mol. The van der Waals surface area contributed by atoms with Crippen molar-refractivity contribution in [1.82, 2.24) is 0 Å². The molecule has 78 valence electrons. The molecule has 5 nitrogen and oxygen atoms in total. The molecule has 0 spiro atoms. The highest BCUT2D eigenvalue weighted by molar-refractivity contribution is 5.96. The van der Waals surface area contributed by atoms with Gasteiger partial charge in [0.15, 0.2) is 5.76 Å². The van der Waals surface area contributed by atoms with Crippen molar-refractivity contribution >= 4 is 11.9 Å². The van der Waals surface area contributed by atoms with Crippen LogP contribution in [0.5, 0.6) is 5.75 Å². The minimum atomic E-state index is -0.901. The number of phenolic OH excluding ortho intramolecular Hbond substituents is 1. The Balaban J connectivity index is 2.74. The van der Waals surface area contributed by atoms with E-state index >= 15 is 0 Å². The summed E-state index contributed by atoms with van der Waals surface area (Å²) in [6.45, 7) is 3.17. The molecule has 15 heavy (non-hydrogen) atoms. The summed E-state index contributed by atoms with van der Waals surface area (Å²) >= 11 is 0. The van der Waals surface area contributed by atoms with Crippen LogP contribution in [0.4, 0.5) is 0 Å². The van der Waals surface area contributed by atoms with Gasteiger partial charge in [-0.3, -0.25) is 4.79 Å². The summed E-state index contributed by atoms with van der Waals surface area (Å²) in [5.74, 6) is -2.05. The van der Waals surface area contributed by atoms with Crippen molar-refractivity contribution in [1.29, 1.82) is 0 Å². The van der Waals surface area contributed by atoms with Gasteiger partial charge in [0.1, 0.15) is 5.75 Å². The molecular weight excluding hydrogens is 198 g/mol. The molecule has 0 fully saturated rings. The van der Waals surface area contributed by atoms with Crippen LogP contribution in [0.3, 0.4) is 0 Å². The van der Waals surface area contributed by atoms with Crippen molar-refractivity contribution in [3.05, 3.63) is 42.2 Å². The minimum Gasteiger partial charge on any atom is -0.508 e. The third kappa shape index (κ3) is 2.84. The molecule has 0 aliphatic rings. The van der Waals surface area contributed by atoms with Crippen molar-refractivity contribution in [2.45, 2.75) is 0 Å². The molecule has 0 atom stereocenters. The first-order valence-electron chi connectivity index (χ1n) is 4.00. The highest BCUT2D eigenvalue weighted by atomic mass is 16.5. The second-order valence-electron chi connectivity index (χ2n) is 2.72. The first kappa shape index (κ1) is 10.8. The van der Waals surface area contributed by atoms with Crippen LogP contribution in [0, 0.1) is 0 Å². The predicted octanol–water partition coefficient (Wildman–Crippen LogP) is 0.548. The van der Waals surface area contributed by atoms with Gasteiger partial charge in [-0.15, -0.1) is 0 Å². The zero-order chi connectivity index (χ0) is 11.4. The number of esters is 1. The number of carbonyl (C=O) groups is 2. The molecular formula is C10H9NO4. The van der Waals surface area contributed by atoms with E-state index in [1.54, 1.807) is 0 Å². The first-order chi connectivity index (χ1) is 7.00. The third-order valence-electron chi connectivity index (χ3n) is 1.59. The van der Waals surface area contributed by atoms with Crippen molar-refractivity contribution in [3.8, 4) is 5.75 Å². The molecule has 0 bridgehead atoms. The fraction of sp³-hybridized carbons (Fsp3) is 0. The highest BCUT2D eigenvalue weighted by Gasteiger charge is 2.11. The fourth-order valence-corrected chi connectivity index (χ4v) is 0.819. The molecule has 0 saturated heterocycles. The zero-order valence-corrected chi connectivity index (χ0v) is 7.77. The maximum atomic E-state index is 11.3. The number of primary amides is 1. The Labute approximate surface area is 85.8 Å². The van der Waals surface area contributed by atoms with Crippen LogP contribution in [-0.4, -0.2) is 17.0 Å². The smallest absolute Gasteiger partial charge is 0.343 e. The maximum absolute atomic E-state index is 11.3. The number of phenols is 1. The molecule has 1 aromatic rings. The molecule has 0 aliphatic heterocycles. The van der Waals surface area contributed by atoms with E-state index in [2.05, 4.69) is 11.3 Å². The molecule has 5 heteroatoms. The van der Waals surface area contributed by atoms with Gasteiger partial charge in [-0.25, -0.2) is 4.79 Å². The quantitative estimate of drug-likeness (QED) is 0.430. The molecule has 0 radical (unpaired) electrons. The molecule has 0 heterocycles. The van der Waals surface area contributed by atoms with Gasteiger partial charge in [-0.05, 0) is 24.3 Å². The molecule has 0 aliphatic carbocycles. The predicted molar refractivity (Wildman–Crippen MR) is 51.9 cm³/mol. The Morgan fingerprint density at radius 3 is 2.27 bits per heavy atom. The Morgan fingerprint density at radius 1 is 1.27 bits per heavy atom. The third-order valence-corrected chi connectivity index (χ3v) is 1.59. The summed E-state index contributed by atoms with van der Waals surface area (Å²) in [7, 11) is 0. The van der Waals surface area contributed by atoms with Crippen molar-refractivity contribution < 1.29 is 19.4 Å². The maximum Gasteiger partial charge on any atom is 0.343 e. The Bertz CT molecular complexity index is 408. The van der Waals surface area contributed by atoms with E-state index in [1.165, 1.54) is 24.3 Å². The molecule has 1 amide bonds. The molecule has 0 unspecified atom stereocenters. The summed E-state index contributed by atoms with van der Waals surface area (Å²) < 4.78 is 4.55. The van der Waals surface area contributed by atoms with E-state index in [1.807, 2.05) is 0 Å². The van der Waals surface area contributed by atoms with E-state index in [9.17, 15) is 9.59 Å². The monoisotopic (exact) mass is 207 g/mol. The molecule has 1 rings (SSSR count). The normalized spacial score (nSPS) is 9.33. The fourth-order valence-electron chi connectivity index (χ4n) is 0.819. The first-order valence-corrected chi connectivity index (χ1v) is 4.00. The summed E-state index contributed by atoms with van der Waals surface area (Å²) in [5, 5.41) is 8.96. The number of ether oxygens (including phenoxy) is 1. The Morgan fingerprint density at radius 2 is 1.80 bits per heavy atom. The van der Waals surface area contributed by atoms with Crippen molar-refractivity contribution in [2.75, 3.05) is 0 Å². The van der Waals surface area contributed by atoms with Gasteiger partial charge in [0, 0.05) is 0 Å². The molecule has 0 saturated carbocycles. The van der Waals surface area contributed by atoms with Crippen molar-refractivity contribution in [3.63, 3.8) is 0 Å². The van der Waals surface area contributed by atoms with Crippen LogP contribution in [-0.2, 0) is 9.53 Å². The SMILES string of the molecule is C=C(OC(=O)c1ccc(O)cc1)C(N)=O. The molecule has 0 aromatic heterocycles. The van der Waals surface area contributed by atoms with Gasteiger partial charge >= 0.3 is 5.97 Å². The van der Waals surface area contributed by atoms with Crippen LogP contribution in [0.1, 0.15) is 10.4 Å². The summed E-state index contributed by atoms with van der Waals surface area (Å²) in [6, 6.07) is 5.35. The Hall–Kier alpha value is -2.30. The van der Waals surface area contributed by atoms with Crippen LogP contribution in [0.25, 0.3) is 0 Å². The number of carbonyl (C=O) groups excluding carboxylic acids is 2. The summed E-state index contributed by atoms with van der Waals surface area (Å²) in [6.07, 6.45) is 0. The standard InChI is InChI=1S/C10H9NO4/c1-6(9(11)13)15-10(14)7-2-4-8(12)5-3-7/h2-5,12H,1H2,(H2,11,13). The Kier molecular flexibility index (Phi) is 3.07. The second-order valence-corrected chi connectivity index (χ2v) is 2.72. The van der Waals surface area contributed by atoms with Gasteiger partial charge in [0.25, 0.3) is 5.91 Å². The van der Waals surface area contributed by atoms with Gasteiger partial charge in [0.2, 0.25) is 0 Å². The second kappa shape index (κ2) is 4.28. The lowest BCUT2D eigenvalue weighted by Gasteiger charge is -2.03. The van der Waals surface area contributed by atoms with E-state index < -0.39 is 17.6 Å². The summed E-state index contributed by atoms with van der Waals surface area (Å²) in [5.41, 5.74) is 5.02. The topological polar surface area (TPSA) is 89.6 Å². The van der Waals surface area contributed by atoms with Crippen LogP contribution in [0.2, 0.25) is 0 Å². The molecule has 3 N–H and O–H groups in total. The average Bonchev–Trinajstić information content (AvgIpc) is 2.18. The van der Waals surface area contributed by atoms with Gasteiger partial charge in [-0.2, -0.15) is 0 Å². The van der Waals surface area contributed by atoms with Gasteiger partial charge in [-0.1, -0.05) is 6.58 Å². The van der Waals surface area contributed by atoms with E-state index in [-0.39, 0.29) is 11.3 Å². The lowest BCUT2D eigenvalue weighted by molar-refractivity contribution is -0.117. The number of nitrogens with two attached hydrogens (primary N) is 1. The number of benzene rings is 1. The highest BCUT2D eigenvalue weighted by Crippen LogP contribution is 2.11. The number of hydrogen-bond acceptors (Lipinski definition) is 4. The van der Waals surface area contributed by atoms with Crippen molar-refractivity contribution in [2.24, 2.45) is 5.73 Å². The number of rotatable bonds is 3. The number of amides is 1. The lowest BCUT2D eigenvalue weighted by Crippen LogP contribution is -2.18. The molecule has 1 aromatic carbocycles. The van der Waals surface area contributed by atoms with Crippen LogP contribution in [0.15, 0.2) is 36.6 Å². The minimum absolute atomic E-state index is 0.0280. The number of aromatic hydroxyl groups is 1. The van der Waals surface area contributed by atoms with E-state index in [0.717, 1.165) is 0 Å². The lowest BCUT2D eigenvalue weighted by atomic mass is 10.2. The van der Waals surface area contributed by atoms with Gasteiger partial charge < -0.3 is 15.6 Å². The zero-order valence-electron chi connectivity index (χ0n) is 7.77. The van der Waals surface area contributed by atoms with E-state index in [0.29, 0.717) is 0 Å². The van der Waals surface area contributed by atoms with E-state index in [4.69, 9.17) is 10.8 Å². The largest absolute Gasteiger partial charge is 0.508 e. The van der Waals surface area contributed by atoms with Crippen LogP contribution < -0.4 is 5.73 Å². The van der Waals surface area contributed by atoms with Gasteiger partial charge in [0.05, 0.1) is 5.56 Å². The van der Waals surface area contributed by atoms with Crippen LogP contribution >= 0.6 is 0 Å². The summed E-state index contributed by atoms with van der Waals surface area (Å²) in [4.78, 5) is 21.8. The number of hydrogen-bond donors (Lipinski definition) is 2.